The van der Waals surface area contributed by atoms with Crippen LogP contribution in [0.1, 0.15) is 11.1 Å². The van der Waals surface area contributed by atoms with Crippen LogP contribution >= 0.6 is 15.9 Å². The van der Waals surface area contributed by atoms with Crippen molar-refractivity contribution in [2.75, 3.05) is 5.73 Å². The number of benzene rings is 1. The molecule has 0 aromatic heterocycles. The van der Waals surface area contributed by atoms with Gasteiger partial charge in [0.15, 0.2) is 0 Å². The summed E-state index contributed by atoms with van der Waals surface area (Å²) in [5.74, 6) is 0. The number of anilines is 1. The van der Waals surface area contributed by atoms with Crippen molar-refractivity contribution in [3.63, 3.8) is 0 Å². The molecule has 56 valence electrons. The first-order valence-corrected chi connectivity index (χ1v) is 4.24. The Labute approximate surface area is 73.8 Å². The van der Waals surface area contributed by atoms with E-state index in [2.05, 4.69) is 22.0 Å². The molecule has 0 radical (unpaired) electrons. The maximum atomic E-state index is 8.63. The van der Waals surface area contributed by atoms with Gasteiger partial charge in [-0.2, -0.15) is 5.26 Å². The van der Waals surface area contributed by atoms with Gasteiger partial charge in [-0.3, -0.25) is 0 Å². The second kappa shape index (κ2) is 3.40. The van der Waals surface area contributed by atoms with Crippen molar-refractivity contribution in [3.8, 4) is 6.07 Å². The molecule has 0 spiro atoms. The van der Waals surface area contributed by atoms with Gasteiger partial charge in [0.05, 0.1) is 11.6 Å². The fourth-order valence-electron chi connectivity index (χ4n) is 0.833. The third kappa shape index (κ3) is 1.72. The number of halogens is 1. The fraction of sp³-hybridized carbons (Fsp3) is 0.125. The molecule has 3 heteroatoms. The summed E-state index contributed by atoms with van der Waals surface area (Å²) in [5.41, 5.74) is 7.83. The second-order valence-electron chi connectivity index (χ2n) is 2.16. The average molecular weight is 211 g/mol. The van der Waals surface area contributed by atoms with Crippen molar-refractivity contribution in [1.29, 1.82) is 5.26 Å². The number of nitriles is 1. The van der Waals surface area contributed by atoms with Crippen LogP contribution in [0.25, 0.3) is 0 Å². The normalized spacial score (nSPS) is 9.09. The molecule has 0 saturated carbocycles. The number of rotatable bonds is 1. The number of nitrogen functional groups attached to an aromatic ring is 1. The summed E-state index contributed by atoms with van der Waals surface area (Å²) in [5, 5.41) is 9.30. The molecule has 0 aliphatic carbocycles. The first-order chi connectivity index (χ1) is 5.27. The Balaban J connectivity index is 3.19. The predicted octanol–water partition coefficient (Wildman–Crippen LogP) is 2.04. The quantitative estimate of drug-likeness (QED) is 0.570. The highest BCUT2D eigenvalue weighted by Crippen LogP contribution is 2.15. The first kappa shape index (κ1) is 8.09. The molecule has 11 heavy (non-hydrogen) atoms. The van der Waals surface area contributed by atoms with Gasteiger partial charge in [-0.05, 0) is 23.8 Å². The van der Waals surface area contributed by atoms with E-state index >= 15 is 0 Å². The number of hydrogen-bond acceptors (Lipinski definition) is 2. The van der Waals surface area contributed by atoms with Crippen LogP contribution in [0.2, 0.25) is 0 Å². The lowest BCUT2D eigenvalue weighted by molar-refractivity contribution is 1.37. The molecule has 0 amide bonds. The summed E-state index contributed by atoms with van der Waals surface area (Å²) >= 11 is 3.28. The van der Waals surface area contributed by atoms with Crippen molar-refractivity contribution >= 4 is 21.6 Å². The van der Waals surface area contributed by atoms with Gasteiger partial charge in [-0.15, -0.1) is 0 Å². The van der Waals surface area contributed by atoms with E-state index < -0.39 is 0 Å². The Kier molecular flexibility index (Phi) is 2.50. The zero-order valence-electron chi connectivity index (χ0n) is 5.84. The van der Waals surface area contributed by atoms with Crippen LogP contribution in [0.4, 0.5) is 5.69 Å². The Morgan fingerprint density at radius 3 is 2.82 bits per heavy atom. The molecule has 0 heterocycles. The molecule has 1 rings (SSSR count). The van der Waals surface area contributed by atoms with Gasteiger partial charge < -0.3 is 5.73 Å². The smallest absolute Gasteiger partial charge is 0.0994 e. The Hall–Kier alpha value is -1.01. The largest absolute Gasteiger partial charge is 0.399 e. The van der Waals surface area contributed by atoms with Gasteiger partial charge in [0, 0.05) is 11.0 Å². The maximum absolute atomic E-state index is 8.63. The summed E-state index contributed by atoms with van der Waals surface area (Å²) in [6.07, 6.45) is 0. The number of nitrogens with two attached hydrogens (primary N) is 1. The van der Waals surface area contributed by atoms with E-state index in [-0.39, 0.29) is 0 Å². The van der Waals surface area contributed by atoms with Crippen LogP contribution in [0.3, 0.4) is 0 Å². The SMILES string of the molecule is N#Cc1ccc(N)cc1CBr. The lowest BCUT2D eigenvalue weighted by atomic mass is 10.1. The molecule has 0 aliphatic rings. The third-order valence-corrected chi connectivity index (χ3v) is 2.00. The average Bonchev–Trinajstić information content (AvgIpc) is 2.04. The summed E-state index contributed by atoms with van der Waals surface area (Å²) in [6.45, 7) is 0. The lowest BCUT2D eigenvalue weighted by Crippen LogP contribution is -1.90. The molecule has 2 N–H and O–H groups in total. The molecule has 0 fully saturated rings. The van der Waals surface area contributed by atoms with Crippen LogP contribution in [-0.2, 0) is 5.33 Å². The van der Waals surface area contributed by atoms with E-state index in [1.807, 2.05) is 0 Å². The van der Waals surface area contributed by atoms with Crippen molar-refractivity contribution < 1.29 is 0 Å². The topological polar surface area (TPSA) is 49.8 Å². The zero-order chi connectivity index (χ0) is 8.27. The van der Waals surface area contributed by atoms with Crippen LogP contribution in [0, 0.1) is 11.3 Å². The Morgan fingerprint density at radius 2 is 2.27 bits per heavy atom. The van der Waals surface area contributed by atoms with Crippen LogP contribution in [0.15, 0.2) is 18.2 Å². The predicted molar refractivity (Wildman–Crippen MR) is 48.2 cm³/mol. The van der Waals surface area contributed by atoms with E-state index in [1.54, 1.807) is 18.2 Å². The minimum atomic E-state index is 0.668. The van der Waals surface area contributed by atoms with Crippen molar-refractivity contribution in [2.24, 2.45) is 0 Å². The number of alkyl halides is 1. The lowest BCUT2D eigenvalue weighted by Gasteiger charge is -1.99. The zero-order valence-corrected chi connectivity index (χ0v) is 7.43. The van der Waals surface area contributed by atoms with Gasteiger partial charge in [0.25, 0.3) is 0 Å². The maximum Gasteiger partial charge on any atom is 0.0994 e. The minimum absolute atomic E-state index is 0.668. The fourth-order valence-corrected chi connectivity index (χ4v) is 1.30. The molecule has 1 aromatic carbocycles. The number of nitrogens with zero attached hydrogens (tertiary/aromatic N) is 1. The first-order valence-electron chi connectivity index (χ1n) is 3.12. The molecule has 0 aliphatic heterocycles. The monoisotopic (exact) mass is 210 g/mol. The van der Waals surface area contributed by atoms with E-state index in [0.717, 1.165) is 5.56 Å². The Morgan fingerprint density at radius 1 is 1.55 bits per heavy atom. The van der Waals surface area contributed by atoms with Crippen LogP contribution < -0.4 is 5.73 Å². The van der Waals surface area contributed by atoms with E-state index in [1.165, 1.54) is 0 Å². The summed E-state index contributed by atoms with van der Waals surface area (Å²) < 4.78 is 0. The van der Waals surface area contributed by atoms with Gasteiger partial charge >= 0.3 is 0 Å². The molecule has 0 saturated heterocycles. The molecule has 2 nitrogen and oxygen atoms in total. The van der Waals surface area contributed by atoms with Gasteiger partial charge in [0.2, 0.25) is 0 Å². The molecular formula is C8H7BrN2. The highest BCUT2D eigenvalue weighted by molar-refractivity contribution is 9.08. The molecule has 0 unspecified atom stereocenters. The van der Waals surface area contributed by atoms with Gasteiger partial charge in [0.1, 0.15) is 0 Å². The number of hydrogen-bond donors (Lipinski definition) is 1. The van der Waals surface area contributed by atoms with Gasteiger partial charge in [-0.1, -0.05) is 15.9 Å². The summed E-state index contributed by atoms with van der Waals surface area (Å²) in [7, 11) is 0. The summed E-state index contributed by atoms with van der Waals surface area (Å²) in [6, 6.07) is 7.34. The second-order valence-corrected chi connectivity index (χ2v) is 2.72. The highest BCUT2D eigenvalue weighted by atomic mass is 79.9. The van der Waals surface area contributed by atoms with Crippen molar-refractivity contribution in [1.82, 2.24) is 0 Å². The van der Waals surface area contributed by atoms with E-state index in [4.69, 9.17) is 11.0 Å². The van der Waals surface area contributed by atoms with Crippen molar-refractivity contribution in [2.45, 2.75) is 5.33 Å². The van der Waals surface area contributed by atoms with Crippen molar-refractivity contribution in [3.05, 3.63) is 29.3 Å². The van der Waals surface area contributed by atoms with Crippen LogP contribution in [-0.4, -0.2) is 0 Å². The van der Waals surface area contributed by atoms with E-state index in [9.17, 15) is 0 Å². The Bertz CT molecular complexity index is 301. The minimum Gasteiger partial charge on any atom is -0.399 e. The molecule has 0 bridgehead atoms. The van der Waals surface area contributed by atoms with Gasteiger partial charge in [-0.25, -0.2) is 0 Å². The standard InChI is InChI=1S/C8H7BrN2/c9-4-7-3-8(11)2-1-6(7)5-10/h1-3H,4,11H2. The van der Waals surface area contributed by atoms with Crippen LogP contribution in [0.5, 0.6) is 0 Å². The molecular weight excluding hydrogens is 204 g/mol. The molecule has 1 aromatic rings. The molecule has 0 atom stereocenters. The summed E-state index contributed by atoms with van der Waals surface area (Å²) in [4.78, 5) is 0. The van der Waals surface area contributed by atoms with E-state index in [0.29, 0.717) is 16.6 Å². The highest BCUT2D eigenvalue weighted by Gasteiger charge is 1.99. The third-order valence-electron chi connectivity index (χ3n) is 1.39.